The predicted molar refractivity (Wildman–Crippen MR) is 92.1 cm³/mol. The van der Waals surface area contributed by atoms with E-state index in [1.54, 1.807) is 24.4 Å². The number of aryl methyl sites for hydroxylation is 1. The summed E-state index contributed by atoms with van der Waals surface area (Å²) in [6, 6.07) is 18.7. The molecule has 0 unspecified atom stereocenters. The van der Waals surface area contributed by atoms with Crippen molar-refractivity contribution < 1.29 is 14.6 Å². The normalized spacial score (nSPS) is 10.4. The molecule has 4 nitrogen and oxygen atoms in total. The van der Waals surface area contributed by atoms with E-state index in [0.717, 1.165) is 22.3 Å². The molecule has 0 atom stereocenters. The number of aromatic nitrogens is 1. The van der Waals surface area contributed by atoms with E-state index in [0.29, 0.717) is 12.5 Å². The molecule has 0 aliphatic rings. The Kier molecular flexibility index (Phi) is 4.57. The van der Waals surface area contributed by atoms with Crippen molar-refractivity contribution >= 4 is 5.97 Å². The minimum absolute atomic E-state index is 0.284. The third-order valence-corrected chi connectivity index (χ3v) is 3.75. The molecule has 1 N–H and O–H groups in total. The van der Waals surface area contributed by atoms with Crippen molar-refractivity contribution in [1.29, 1.82) is 0 Å². The SMILES string of the molecule is Cc1cc(C(=O)O)ccc1-c1ccc(OCc2ccccc2)nc1. The molecule has 0 radical (unpaired) electrons. The van der Waals surface area contributed by atoms with Gasteiger partial charge in [-0.3, -0.25) is 0 Å². The maximum absolute atomic E-state index is 11.0. The van der Waals surface area contributed by atoms with Gasteiger partial charge in [-0.05, 0) is 41.8 Å². The van der Waals surface area contributed by atoms with Crippen LogP contribution in [0.1, 0.15) is 21.5 Å². The topological polar surface area (TPSA) is 59.4 Å². The first-order valence-electron chi connectivity index (χ1n) is 7.60. The van der Waals surface area contributed by atoms with E-state index in [2.05, 4.69) is 4.98 Å². The number of nitrogens with zero attached hydrogens (tertiary/aromatic N) is 1. The molecular weight excluding hydrogens is 302 g/mol. The van der Waals surface area contributed by atoms with Crippen LogP contribution in [0, 0.1) is 6.92 Å². The number of benzene rings is 2. The Bertz CT molecular complexity index is 843. The molecule has 0 amide bonds. The lowest BCUT2D eigenvalue weighted by molar-refractivity contribution is 0.0697. The predicted octanol–water partition coefficient (Wildman–Crippen LogP) is 4.33. The van der Waals surface area contributed by atoms with Gasteiger partial charge in [0.1, 0.15) is 6.61 Å². The number of aromatic carboxylic acids is 1. The Morgan fingerprint density at radius 1 is 1.08 bits per heavy atom. The van der Waals surface area contributed by atoms with E-state index in [1.807, 2.05) is 49.4 Å². The number of pyridine rings is 1. The minimum atomic E-state index is -0.924. The summed E-state index contributed by atoms with van der Waals surface area (Å²) in [6.45, 7) is 2.36. The summed E-state index contributed by atoms with van der Waals surface area (Å²) < 4.78 is 5.67. The Labute approximate surface area is 140 Å². The van der Waals surface area contributed by atoms with E-state index in [-0.39, 0.29) is 5.56 Å². The monoisotopic (exact) mass is 319 g/mol. The van der Waals surface area contributed by atoms with E-state index in [1.165, 1.54) is 0 Å². The van der Waals surface area contributed by atoms with Gasteiger partial charge in [0.05, 0.1) is 5.56 Å². The molecule has 120 valence electrons. The molecule has 0 aliphatic heterocycles. The molecule has 4 heteroatoms. The van der Waals surface area contributed by atoms with Crippen molar-refractivity contribution in [3.05, 3.63) is 83.6 Å². The van der Waals surface area contributed by atoms with Crippen LogP contribution in [0.15, 0.2) is 66.9 Å². The maximum atomic E-state index is 11.0. The molecule has 24 heavy (non-hydrogen) atoms. The summed E-state index contributed by atoms with van der Waals surface area (Å²) in [7, 11) is 0. The van der Waals surface area contributed by atoms with E-state index in [4.69, 9.17) is 9.84 Å². The minimum Gasteiger partial charge on any atom is -0.478 e. The van der Waals surface area contributed by atoms with Crippen molar-refractivity contribution in [1.82, 2.24) is 4.98 Å². The van der Waals surface area contributed by atoms with Gasteiger partial charge in [-0.1, -0.05) is 36.4 Å². The number of rotatable bonds is 5. The smallest absolute Gasteiger partial charge is 0.335 e. The number of carboxylic acids is 1. The number of hydrogen-bond donors (Lipinski definition) is 1. The molecule has 3 aromatic rings. The lowest BCUT2D eigenvalue weighted by Gasteiger charge is -2.09. The van der Waals surface area contributed by atoms with Crippen molar-refractivity contribution in [3.63, 3.8) is 0 Å². The molecule has 0 bridgehead atoms. The molecule has 0 fully saturated rings. The highest BCUT2D eigenvalue weighted by Crippen LogP contribution is 2.25. The number of hydrogen-bond acceptors (Lipinski definition) is 3. The highest BCUT2D eigenvalue weighted by atomic mass is 16.5. The third-order valence-electron chi connectivity index (χ3n) is 3.75. The van der Waals surface area contributed by atoms with Crippen LogP contribution in [-0.4, -0.2) is 16.1 Å². The quantitative estimate of drug-likeness (QED) is 0.760. The molecule has 3 rings (SSSR count). The maximum Gasteiger partial charge on any atom is 0.335 e. The Hall–Kier alpha value is -3.14. The van der Waals surface area contributed by atoms with Gasteiger partial charge >= 0.3 is 5.97 Å². The van der Waals surface area contributed by atoms with Gasteiger partial charge in [0.15, 0.2) is 0 Å². The summed E-state index contributed by atoms with van der Waals surface area (Å²) in [5.74, 6) is -0.366. The summed E-state index contributed by atoms with van der Waals surface area (Å²) in [5.41, 5.74) is 4.16. The average molecular weight is 319 g/mol. The average Bonchev–Trinajstić information content (AvgIpc) is 2.61. The van der Waals surface area contributed by atoms with Crippen LogP contribution in [0.3, 0.4) is 0 Å². The van der Waals surface area contributed by atoms with E-state index >= 15 is 0 Å². The first kappa shape index (κ1) is 15.7. The zero-order valence-corrected chi connectivity index (χ0v) is 13.3. The highest BCUT2D eigenvalue weighted by Gasteiger charge is 2.08. The van der Waals surface area contributed by atoms with Gasteiger partial charge in [-0.15, -0.1) is 0 Å². The van der Waals surface area contributed by atoms with Crippen LogP contribution < -0.4 is 4.74 Å². The van der Waals surface area contributed by atoms with Gasteiger partial charge < -0.3 is 9.84 Å². The molecule has 0 saturated carbocycles. The van der Waals surface area contributed by atoms with E-state index < -0.39 is 5.97 Å². The van der Waals surface area contributed by atoms with Crippen LogP contribution in [0.5, 0.6) is 5.88 Å². The van der Waals surface area contributed by atoms with Gasteiger partial charge in [0.2, 0.25) is 5.88 Å². The van der Waals surface area contributed by atoms with E-state index in [9.17, 15) is 4.79 Å². The number of carboxylic acid groups (broad SMARTS) is 1. The zero-order chi connectivity index (χ0) is 16.9. The Balaban J connectivity index is 1.73. The highest BCUT2D eigenvalue weighted by molar-refractivity contribution is 5.89. The fraction of sp³-hybridized carbons (Fsp3) is 0.100. The number of ether oxygens (including phenoxy) is 1. The van der Waals surface area contributed by atoms with Crippen LogP contribution in [0.2, 0.25) is 0 Å². The summed E-state index contributed by atoms with van der Waals surface area (Å²) >= 11 is 0. The molecule has 1 heterocycles. The lowest BCUT2D eigenvalue weighted by Crippen LogP contribution is -1.98. The van der Waals surface area contributed by atoms with Crippen molar-refractivity contribution in [2.24, 2.45) is 0 Å². The van der Waals surface area contributed by atoms with Crippen LogP contribution in [0.25, 0.3) is 11.1 Å². The summed E-state index contributed by atoms with van der Waals surface area (Å²) in [6.07, 6.45) is 1.74. The first-order chi connectivity index (χ1) is 11.6. The Morgan fingerprint density at radius 2 is 1.88 bits per heavy atom. The Morgan fingerprint density at radius 3 is 2.50 bits per heavy atom. The molecule has 2 aromatic carbocycles. The van der Waals surface area contributed by atoms with Crippen molar-refractivity contribution in [2.45, 2.75) is 13.5 Å². The van der Waals surface area contributed by atoms with Crippen LogP contribution in [-0.2, 0) is 6.61 Å². The first-order valence-corrected chi connectivity index (χ1v) is 7.60. The second-order valence-electron chi connectivity index (χ2n) is 5.49. The second-order valence-corrected chi connectivity index (χ2v) is 5.49. The standard InChI is InChI=1S/C20H17NO3/c1-14-11-16(20(22)23)7-9-18(14)17-8-10-19(21-12-17)24-13-15-5-3-2-4-6-15/h2-12H,13H2,1H3,(H,22,23). The fourth-order valence-corrected chi connectivity index (χ4v) is 2.48. The molecule has 0 spiro atoms. The molecule has 0 saturated heterocycles. The van der Waals surface area contributed by atoms with Gasteiger partial charge in [-0.2, -0.15) is 0 Å². The van der Waals surface area contributed by atoms with Crippen LogP contribution in [0.4, 0.5) is 0 Å². The third kappa shape index (κ3) is 3.60. The summed E-state index contributed by atoms with van der Waals surface area (Å²) in [4.78, 5) is 15.3. The van der Waals surface area contributed by atoms with Gasteiger partial charge in [-0.25, -0.2) is 9.78 Å². The van der Waals surface area contributed by atoms with Gasteiger partial charge in [0, 0.05) is 17.8 Å². The second kappa shape index (κ2) is 6.96. The fourth-order valence-electron chi connectivity index (χ4n) is 2.48. The number of carbonyl (C=O) groups is 1. The van der Waals surface area contributed by atoms with Crippen molar-refractivity contribution in [3.8, 4) is 17.0 Å². The van der Waals surface area contributed by atoms with Crippen molar-refractivity contribution in [2.75, 3.05) is 0 Å². The molecule has 0 aliphatic carbocycles. The van der Waals surface area contributed by atoms with Gasteiger partial charge in [0.25, 0.3) is 0 Å². The zero-order valence-electron chi connectivity index (χ0n) is 13.3. The summed E-state index contributed by atoms with van der Waals surface area (Å²) in [5, 5.41) is 9.03. The molecule has 1 aromatic heterocycles. The largest absolute Gasteiger partial charge is 0.478 e. The van der Waals surface area contributed by atoms with Crippen LogP contribution >= 0.6 is 0 Å². The molecular formula is C20H17NO3. The lowest BCUT2D eigenvalue weighted by atomic mass is 10.00.